The lowest BCUT2D eigenvalue weighted by Gasteiger charge is -2.06. The van der Waals surface area contributed by atoms with Crippen LogP contribution < -0.4 is 0 Å². The van der Waals surface area contributed by atoms with Gasteiger partial charge in [-0.3, -0.25) is 0 Å². The summed E-state index contributed by atoms with van der Waals surface area (Å²) >= 11 is 8.23. The van der Waals surface area contributed by atoms with Crippen LogP contribution >= 0.6 is 25.3 Å². The highest BCUT2D eigenvalue weighted by Gasteiger charge is 2.17. The SMILES string of the molecule is O=C(OOC(=O)c1ccccc1S)c1ccccc1S. The van der Waals surface area contributed by atoms with Gasteiger partial charge in [0.1, 0.15) is 0 Å². The Hall–Kier alpha value is -1.92. The van der Waals surface area contributed by atoms with Gasteiger partial charge in [-0.1, -0.05) is 24.3 Å². The van der Waals surface area contributed by atoms with E-state index in [4.69, 9.17) is 0 Å². The summed E-state index contributed by atoms with van der Waals surface area (Å²) in [6, 6.07) is 13.1. The molecular formula is C14H10O4S2. The average Bonchev–Trinajstić information content (AvgIpc) is 2.45. The predicted octanol–water partition coefficient (Wildman–Crippen LogP) is 3.19. The molecule has 20 heavy (non-hydrogen) atoms. The molecule has 4 nitrogen and oxygen atoms in total. The van der Waals surface area contributed by atoms with Gasteiger partial charge in [-0.15, -0.1) is 25.3 Å². The summed E-state index contributed by atoms with van der Waals surface area (Å²) in [7, 11) is 0. The fourth-order valence-corrected chi connectivity index (χ4v) is 1.96. The Kier molecular flexibility index (Phi) is 4.70. The minimum atomic E-state index is -0.791. The van der Waals surface area contributed by atoms with Gasteiger partial charge in [0.15, 0.2) is 0 Å². The Morgan fingerprint density at radius 2 is 1.05 bits per heavy atom. The van der Waals surface area contributed by atoms with Crippen molar-refractivity contribution in [2.45, 2.75) is 9.79 Å². The lowest BCUT2D eigenvalue weighted by atomic mass is 10.2. The summed E-state index contributed by atoms with van der Waals surface area (Å²) in [6.07, 6.45) is 0. The van der Waals surface area contributed by atoms with Crippen molar-refractivity contribution >= 4 is 37.2 Å². The van der Waals surface area contributed by atoms with Gasteiger partial charge in [-0.05, 0) is 24.3 Å². The van der Waals surface area contributed by atoms with Crippen LogP contribution in [0, 0.1) is 0 Å². The molecule has 0 spiro atoms. The molecule has 0 aliphatic carbocycles. The molecule has 102 valence electrons. The summed E-state index contributed by atoms with van der Waals surface area (Å²) in [4.78, 5) is 33.3. The molecule has 0 saturated carbocycles. The standard InChI is InChI=1S/C14H10O4S2/c15-13(9-5-1-3-7-11(9)19)17-18-14(16)10-6-2-4-8-12(10)20/h1-8,19-20H. The summed E-state index contributed by atoms with van der Waals surface area (Å²) in [6.45, 7) is 0. The molecule has 0 atom stereocenters. The van der Waals surface area contributed by atoms with E-state index in [9.17, 15) is 9.59 Å². The zero-order valence-electron chi connectivity index (χ0n) is 10.1. The van der Waals surface area contributed by atoms with Gasteiger partial charge in [0.05, 0.1) is 11.1 Å². The van der Waals surface area contributed by atoms with Crippen LogP contribution in [-0.4, -0.2) is 11.9 Å². The van der Waals surface area contributed by atoms with Crippen molar-refractivity contribution in [2.24, 2.45) is 0 Å². The third kappa shape index (κ3) is 3.34. The largest absolute Gasteiger partial charge is 0.387 e. The van der Waals surface area contributed by atoms with Crippen LogP contribution in [-0.2, 0) is 9.78 Å². The number of carbonyl (C=O) groups excluding carboxylic acids is 2. The topological polar surface area (TPSA) is 52.6 Å². The highest BCUT2D eigenvalue weighted by atomic mass is 32.1. The molecule has 0 fully saturated rings. The van der Waals surface area contributed by atoms with Crippen molar-refractivity contribution in [3.8, 4) is 0 Å². The van der Waals surface area contributed by atoms with Crippen LogP contribution in [0.25, 0.3) is 0 Å². The first kappa shape index (κ1) is 14.5. The van der Waals surface area contributed by atoms with Crippen molar-refractivity contribution in [1.29, 1.82) is 0 Å². The zero-order chi connectivity index (χ0) is 14.5. The van der Waals surface area contributed by atoms with E-state index in [1.54, 1.807) is 36.4 Å². The van der Waals surface area contributed by atoms with Crippen LogP contribution in [0.1, 0.15) is 20.7 Å². The molecule has 0 heterocycles. The van der Waals surface area contributed by atoms with Crippen LogP contribution in [0.2, 0.25) is 0 Å². The minimum absolute atomic E-state index is 0.211. The van der Waals surface area contributed by atoms with Crippen LogP contribution in [0.4, 0.5) is 0 Å². The van der Waals surface area contributed by atoms with E-state index in [-0.39, 0.29) is 11.1 Å². The zero-order valence-corrected chi connectivity index (χ0v) is 11.9. The summed E-state index contributed by atoms with van der Waals surface area (Å²) < 4.78 is 0. The van der Waals surface area contributed by atoms with E-state index < -0.39 is 11.9 Å². The fraction of sp³-hybridized carbons (Fsp3) is 0. The maximum Gasteiger partial charge on any atom is 0.387 e. The van der Waals surface area contributed by atoms with Crippen molar-refractivity contribution in [3.63, 3.8) is 0 Å². The molecule has 0 aromatic heterocycles. The van der Waals surface area contributed by atoms with Gasteiger partial charge in [-0.25, -0.2) is 19.4 Å². The molecule has 0 amide bonds. The highest BCUT2D eigenvalue weighted by molar-refractivity contribution is 7.80. The number of hydrogen-bond acceptors (Lipinski definition) is 6. The smallest absolute Gasteiger partial charge is 0.241 e. The van der Waals surface area contributed by atoms with Gasteiger partial charge < -0.3 is 0 Å². The van der Waals surface area contributed by atoms with Crippen LogP contribution in [0.5, 0.6) is 0 Å². The predicted molar refractivity (Wildman–Crippen MR) is 78.2 cm³/mol. The molecule has 0 unspecified atom stereocenters. The second kappa shape index (κ2) is 6.49. The third-order valence-corrected chi connectivity index (χ3v) is 3.22. The first-order valence-electron chi connectivity index (χ1n) is 5.59. The van der Waals surface area contributed by atoms with Gasteiger partial charge in [0, 0.05) is 9.79 Å². The van der Waals surface area contributed by atoms with Gasteiger partial charge >= 0.3 is 11.9 Å². The Bertz CT molecular complexity index is 598. The molecule has 0 aliphatic rings. The number of thiol groups is 2. The Morgan fingerprint density at radius 3 is 1.40 bits per heavy atom. The van der Waals surface area contributed by atoms with E-state index in [1.807, 2.05) is 0 Å². The molecule has 0 bridgehead atoms. The van der Waals surface area contributed by atoms with E-state index in [2.05, 4.69) is 35.0 Å². The van der Waals surface area contributed by atoms with Crippen molar-refractivity contribution in [3.05, 3.63) is 59.7 Å². The van der Waals surface area contributed by atoms with E-state index in [0.29, 0.717) is 9.79 Å². The molecular weight excluding hydrogens is 296 g/mol. The fourth-order valence-electron chi connectivity index (χ4n) is 1.46. The second-order valence-electron chi connectivity index (χ2n) is 3.78. The summed E-state index contributed by atoms with van der Waals surface area (Å²) in [5.74, 6) is -1.58. The Labute approximate surface area is 126 Å². The molecule has 6 heteroatoms. The number of benzene rings is 2. The number of rotatable bonds is 2. The maximum absolute atomic E-state index is 11.7. The van der Waals surface area contributed by atoms with Crippen molar-refractivity contribution in [1.82, 2.24) is 0 Å². The quantitative estimate of drug-likeness (QED) is 0.508. The van der Waals surface area contributed by atoms with E-state index in [1.165, 1.54) is 12.1 Å². The molecule has 0 saturated heterocycles. The molecule has 2 rings (SSSR count). The first-order chi connectivity index (χ1) is 9.59. The Morgan fingerprint density at radius 1 is 0.700 bits per heavy atom. The van der Waals surface area contributed by atoms with E-state index in [0.717, 1.165) is 0 Å². The van der Waals surface area contributed by atoms with Gasteiger partial charge in [-0.2, -0.15) is 0 Å². The molecule has 2 aromatic rings. The van der Waals surface area contributed by atoms with E-state index >= 15 is 0 Å². The van der Waals surface area contributed by atoms with Crippen LogP contribution in [0.15, 0.2) is 58.3 Å². The summed E-state index contributed by atoms with van der Waals surface area (Å²) in [5.41, 5.74) is 0.422. The molecule has 0 radical (unpaired) electrons. The molecule has 2 aromatic carbocycles. The lowest BCUT2D eigenvalue weighted by Crippen LogP contribution is -2.12. The maximum atomic E-state index is 11.7. The normalized spacial score (nSPS) is 9.90. The van der Waals surface area contributed by atoms with Crippen molar-refractivity contribution in [2.75, 3.05) is 0 Å². The molecule has 0 N–H and O–H groups in total. The number of hydrogen-bond donors (Lipinski definition) is 2. The van der Waals surface area contributed by atoms with Crippen molar-refractivity contribution < 1.29 is 19.4 Å². The second-order valence-corrected chi connectivity index (χ2v) is 4.74. The number of carbonyl (C=O) groups is 2. The monoisotopic (exact) mass is 306 g/mol. The summed E-state index contributed by atoms with van der Waals surface area (Å²) in [5, 5.41) is 0. The van der Waals surface area contributed by atoms with Gasteiger partial charge in [0.2, 0.25) is 0 Å². The Balaban J connectivity index is 2.03. The highest BCUT2D eigenvalue weighted by Crippen LogP contribution is 2.16. The van der Waals surface area contributed by atoms with Gasteiger partial charge in [0.25, 0.3) is 0 Å². The van der Waals surface area contributed by atoms with Crippen LogP contribution in [0.3, 0.4) is 0 Å². The average molecular weight is 306 g/mol. The third-order valence-electron chi connectivity index (χ3n) is 2.44. The molecule has 0 aliphatic heterocycles. The first-order valence-corrected chi connectivity index (χ1v) is 6.48. The minimum Gasteiger partial charge on any atom is -0.241 e. The lowest BCUT2D eigenvalue weighted by molar-refractivity contribution is -0.187.